The van der Waals surface area contributed by atoms with Crippen molar-refractivity contribution >= 4 is 17.2 Å². The topological polar surface area (TPSA) is 72.3 Å². The molecule has 0 spiro atoms. The molecule has 2 aromatic heterocycles. The van der Waals surface area contributed by atoms with Crippen LogP contribution in [0.25, 0.3) is 0 Å². The Morgan fingerprint density at radius 3 is 2.88 bits per heavy atom. The molecule has 0 aliphatic carbocycles. The third-order valence-electron chi connectivity index (χ3n) is 4.54. The molecule has 2 aromatic rings. The van der Waals surface area contributed by atoms with Crippen LogP contribution >= 0.6 is 11.3 Å². The summed E-state index contributed by atoms with van der Waals surface area (Å²) >= 11 is 1.67. The van der Waals surface area contributed by atoms with Crippen LogP contribution in [0.15, 0.2) is 30.3 Å². The first-order valence-electron chi connectivity index (χ1n) is 8.11. The van der Waals surface area contributed by atoms with Crippen molar-refractivity contribution in [1.29, 1.82) is 0 Å². The van der Waals surface area contributed by atoms with Gasteiger partial charge in [0.15, 0.2) is 0 Å². The van der Waals surface area contributed by atoms with E-state index in [1.54, 1.807) is 31.0 Å². The number of nitrogens with zero attached hydrogens (tertiary/aromatic N) is 4. The second kappa shape index (κ2) is 7.87. The van der Waals surface area contributed by atoms with E-state index >= 15 is 0 Å². The normalized spacial score (nSPS) is 17.7. The Bertz CT molecular complexity index is 621. The number of aromatic nitrogens is 3. The molecule has 0 radical (unpaired) electrons. The highest BCUT2D eigenvalue weighted by atomic mass is 32.1. The number of rotatable bonds is 7. The molecule has 1 amide bonds. The van der Waals surface area contributed by atoms with Gasteiger partial charge in [-0.1, -0.05) is 0 Å². The van der Waals surface area contributed by atoms with Crippen LogP contribution in [0, 0.1) is 0 Å². The van der Waals surface area contributed by atoms with E-state index in [0.717, 1.165) is 37.5 Å². The molecule has 1 saturated heterocycles. The number of piperidine rings is 1. The van der Waals surface area contributed by atoms with Crippen LogP contribution in [0.5, 0.6) is 0 Å². The smallest absolute Gasteiger partial charge is 0.246 e. The monoisotopic (exact) mass is 349 g/mol. The molecule has 1 N–H and O–H groups in total. The summed E-state index contributed by atoms with van der Waals surface area (Å²) in [6.45, 7) is 3.60. The number of hydrogen-bond acceptors (Lipinski definition) is 6. The van der Waals surface area contributed by atoms with E-state index in [1.165, 1.54) is 0 Å². The van der Waals surface area contributed by atoms with Gasteiger partial charge < -0.3 is 14.6 Å². The highest BCUT2D eigenvalue weighted by Crippen LogP contribution is 2.31. The van der Waals surface area contributed by atoms with Crippen LogP contribution in [0.4, 0.5) is 0 Å². The van der Waals surface area contributed by atoms with Gasteiger partial charge in [0.1, 0.15) is 10.5 Å². The first-order valence-corrected chi connectivity index (χ1v) is 8.99. The van der Waals surface area contributed by atoms with Gasteiger partial charge in [0, 0.05) is 50.7 Å². The lowest BCUT2D eigenvalue weighted by atomic mass is 9.86. The predicted octanol–water partition coefficient (Wildman–Crippen LogP) is 1.09. The minimum atomic E-state index is -0.566. The van der Waals surface area contributed by atoms with Crippen LogP contribution in [0.1, 0.15) is 17.8 Å². The summed E-state index contributed by atoms with van der Waals surface area (Å²) in [4.78, 5) is 23.7. The Hall–Kier alpha value is -1.77. The van der Waals surface area contributed by atoms with Crippen LogP contribution in [-0.2, 0) is 21.6 Å². The van der Waals surface area contributed by atoms with E-state index in [-0.39, 0.29) is 5.91 Å². The summed E-state index contributed by atoms with van der Waals surface area (Å²) in [5.74, 6) is 0.0476. The zero-order valence-electron chi connectivity index (χ0n) is 13.9. The molecule has 0 atom stereocenters. The first-order chi connectivity index (χ1) is 11.7. The van der Waals surface area contributed by atoms with Crippen molar-refractivity contribution in [3.05, 3.63) is 35.3 Å². The third-order valence-corrected chi connectivity index (χ3v) is 5.30. The number of ether oxygens (including phenoxy) is 1. The minimum absolute atomic E-state index is 0.0476. The maximum atomic E-state index is 12.9. The lowest BCUT2D eigenvalue weighted by molar-refractivity contribution is -0.132. The number of imidazole rings is 1. The van der Waals surface area contributed by atoms with Gasteiger partial charge in [0.05, 0.1) is 19.5 Å². The number of carbonyl (C=O) groups excluding carboxylic acids is 1. The molecule has 0 aromatic carbocycles. The average Bonchev–Trinajstić information content (AvgIpc) is 3.30. The molecule has 3 heterocycles. The molecule has 0 bridgehead atoms. The summed E-state index contributed by atoms with van der Waals surface area (Å²) in [6, 6.07) is 0. The van der Waals surface area contributed by atoms with Gasteiger partial charge in [-0.05, 0) is 12.8 Å². The number of thiazole rings is 1. The molecule has 1 fully saturated rings. The molecule has 7 nitrogen and oxygen atoms in total. The summed E-state index contributed by atoms with van der Waals surface area (Å²) in [7, 11) is 1.63. The van der Waals surface area contributed by atoms with E-state index in [1.807, 2.05) is 22.3 Å². The summed E-state index contributed by atoms with van der Waals surface area (Å²) < 4.78 is 6.99. The number of likely N-dealkylation sites (tertiary alicyclic amines) is 1. The maximum Gasteiger partial charge on any atom is 0.246 e. The van der Waals surface area contributed by atoms with E-state index in [2.05, 4.69) is 20.2 Å². The lowest BCUT2D eigenvalue weighted by Crippen LogP contribution is -2.55. The number of amides is 1. The fourth-order valence-corrected chi connectivity index (χ4v) is 3.81. The summed E-state index contributed by atoms with van der Waals surface area (Å²) in [6.07, 6.45) is 8.70. The van der Waals surface area contributed by atoms with Crippen molar-refractivity contribution in [2.45, 2.75) is 24.9 Å². The standard InChI is InChI=1S/C16H23N5O2S/c1-23-10-5-19-15(22)16(21-9-4-17-13-21)2-7-20(8-3-16)12-14-18-6-11-24-14/h4,6,9,11,13H,2-3,5,7-8,10,12H2,1H3,(H,19,22). The molecule has 24 heavy (non-hydrogen) atoms. The number of carbonyl (C=O) groups is 1. The van der Waals surface area contributed by atoms with E-state index in [4.69, 9.17) is 4.74 Å². The van der Waals surface area contributed by atoms with Crippen molar-refractivity contribution in [2.24, 2.45) is 0 Å². The Balaban J connectivity index is 1.68. The average molecular weight is 349 g/mol. The minimum Gasteiger partial charge on any atom is -0.383 e. The highest BCUT2D eigenvalue weighted by Gasteiger charge is 2.42. The first kappa shape index (κ1) is 17.1. The summed E-state index contributed by atoms with van der Waals surface area (Å²) in [5.41, 5.74) is -0.566. The Morgan fingerprint density at radius 2 is 2.25 bits per heavy atom. The van der Waals surface area contributed by atoms with Gasteiger partial charge in [-0.15, -0.1) is 11.3 Å². The number of hydrogen-bond donors (Lipinski definition) is 1. The molecule has 1 aliphatic rings. The van der Waals surface area contributed by atoms with Gasteiger partial charge in [0.25, 0.3) is 0 Å². The largest absolute Gasteiger partial charge is 0.383 e. The Labute approximate surface area is 145 Å². The SMILES string of the molecule is COCCNC(=O)C1(n2ccnc2)CCN(Cc2nccs2)CC1. The van der Waals surface area contributed by atoms with Crippen molar-refractivity contribution < 1.29 is 9.53 Å². The molecular weight excluding hydrogens is 326 g/mol. The Morgan fingerprint density at radius 1 is 1.42 bits per heavy atom. The van der Waals surface area contributed by atoms with Crippen molar-refractivity contribution in [2.75, 3.05) is 33.4 Å². The molecule has 0 unspecified atom stereocenters. The maximum absolute atomic E-state index is 12.9. The van der Waals surface area contributed by atoms with E-state index in [0.29, 0.717) is 13.2 Å². The van der Waals surface area contributed by atoms with Gasteiger partial charge in [-0.2, -0.15) is 0 Å². The molecule has 8 heteroatoms. The second-order valence-corrected chi connectivity index (χ2v) is 6.93. The molecule has 130 valence electrons. The molecule has 0 saturated carbocycles. The zero-order chi connectivity index (χ0) is 16.8. The van der Waals surface area contributed by atoms with Crippen LogP contribution in [0.3, 0.4) is 0 Å². The third kappa shape index (κ3) is 3.66. The quantitative estimate of drug-likeness (QED) is 0.758. The van der Waals surface area contributed by atoms with Crippen molar-refractivity contribution in [3.8, 4) is 0 Å². The van der Waals surface area contributed by atoms with Crippen LogP contribution in [-0.4, -0.2) is 58.7 Å². The molecule has 1 aliphatic heterocycles. The fourth-order valence-electron chi connectivity index (χ4n) is 3.15. The van der Waals surface area contributed by atoms with Crippen LogP contribution in [0.2, 0.25) is 0 Å². The predicted molar refractivity (Wildman–Crippen MR) is 91.7 cm³/mol. The van der Waals surface area contributed by atoms with Gasteiger partial charge in [-0.3, -0.25) is 9.69 Å². The van der Waals surface area contributed by atoms with E-state index < -0.39 is 5.54 Å². The Kier molecular flexibility index (Phi) is 5.60. The fraction of sp³-hybridized carbons (Fsp3) is 0.562. The van der Waals surface area contributed by atoms with Gasteiger partial charge in [-0.25, -0.2) is 9.97 Å². The summed E-state index contributed by atoms with van der Waals surface area (Å²) in [5, 5.41) is 6.12. The lowest BCUT2D eigenvalue weighted by Gasteiger charge is -2.41. The van der Waals surface area contributed by atoms with Crippen molar-refractivity contribution in [3.63, 3.8) is 0 Å². The van der Waals surface area contributed by atoms with E-state index in [9.17, 15) is 4.79 Å². The number of nitrogens with one attached hydrogen (secondary N) is 1. The highest BCUT2D eigenvalue weighted by molar-refractivity contribution is 7.09. The zero-order valence-corrected chi connectivity index (χ0v) is 14.7. The molecule has 3 rings (SSSR count). The second-order valence-electron chi connectivity index (χ2n) is 5.95. The number of methoxy groups -OCH3 is 1. The van der Waals surface area contributed by atoms with Gasteiger partial charge >= 0.3 is 0 Å². The van der Waals surface area contributed by atoms with Crippen molar-refractivity contribution in [1.82, 2.24) is 24.8 Å². The molecular formula is C16H23N5O2S. The van der Waals surface area contributed by atoms with Crippen LogP contribution < -0.4 is 5.32 Å². The van der Waals surface area contributed by atoms with Gasteiger partial charge in [0.2, 0.25) is 5.91 Å².